The second-order valence-corrected chi connectivity index (χ2v) is 7.01. The Morgan fingerprint density at radius 2 is 1.92 bits per heavy atom. The SMILES string of the molecule is CN1CCN(C(C(=O)NC2CCn3cncc32)c2ccccc2)CC1. The fraction of sp³-hybridized carbons (Fsp3) is 0.474. The molecule has 3 heterocycles. The van der Waals surface area contributed by atoms with E-state index >= 15 is 0 Å². The molecule has 6 heteroatoms. The Morgan fingerprint density at radius 3 is 2.68 bits per heavy atom. The summed E-state index contributed by atoms with van der Waals surface area (Å²) in [6, 6.07) is 9.97. The highest BCUT2D eigenvalue weighted by Crippen LogP contribution is 2.28. The molecule has 2 unspecified atom stereocenters. The number of amides is 1. The van der Waals surface area contributed by atoms with Crippen molar-refractivity contribution in [1.82, 2.24) is 24.7 Å². The number of nitrogens with one attached hydrogen (secondary N) is 1. The predicted octanol–water partition coefficient (Wildman–Crippen LogP) is 1.43. The van der Waals surface area contributed by atoms with Crippen molar-refractivity contribution in [2.24, 2.45) is 0 Å². The zero-order valence-corrected chi connectivity index (χ0v) is 14.6. The van der Waals surface area contributed by atoms with Crippen molar-refractivity contribution in [2.45, 2.75) is 25.0 Å². The Kier molecular flexibility index (Phi) is 4.55. The van der Waals surface area contributed by atoms with Gasteiger partial charge in [-0.3, -0.25) is 9.69 Å². The van der Waals surface area contributed by atoms with Crippen LogP contribution in [0.25, 0.3) is 0 Å². The van der Waals surface area contributed by atoms with E-state index in [4.69, 9.17) is 0 Å². The number of hydrogen-bond donors (Lipinski definition) is 1. The van der Waals surface area contributed by atoms with Crippen molar-refractivity contribution in [3.8, 4) is 0 Å². The van der Waals surface area contributed by atoms with Gasteiger partial charge in [-0.1, -0.05) is 30.3 Å². The number of carbonyl (C=O) groups is 1. The standard InChI is InChI=1S/C19H25N5O/c1-22-9-11-23(12-10-22)18(15-5-3-2-4-6-15)19(25)21-16-7-8-24-14-20-13-17(16)24/h2-6,13-14,16,18H,7-12H2,1H3,(H,21,25). The van der Waals surface area contributed by atoms with E-state index in [0.717, 1.165) is 50.4 Å². The number of benzene rings is 1. The Balaban J connectivity index is 1.54. The zero-order valence-electron chi connectivity index (χ0n) is 14.6. The third-order valence-electron chi connectivity index (χ3n) is 5.34. The molecule has 132 valence electrons. The van der Waals surface area contributed by atoms with Gasteiger partial charge in [0.15, 0.2) is 0 Å². The number of piperazine rings is 1. The van der Waals surface area contributed by atoms with E-state index in [1.165, 1.54) is 0 Å². The normalized spacial score (nSPS) is 22.5. The average molecular weight is 339 g/mol. The quantitative estimate of drug-likeness (QED) is 0.916. The van der Waals surface area contributed by atoms with E-state index in [-0.39, 0.29) is 18.0 Å². The van der Waals surface area contributed by atoms with E-state index in [9.17, 15) is 4.79 Å². The second-order valence-electron chi connectivity index (χ2n) is 7.01. The molecule has 0 radical (unpaired) electrons. The van der Waals surface area contributed by atoms with Crippen molar-refractivity contribution in [3.63, 3.8) is 0 Å². The highest BCUT2D eigenvalue weighted by Gasteiger charge is 2.32. The molecule has 1 amide bonds. The van der Waals surface area contributed by atoms with Crippen LogP contribution in [0.5, 0.6) is 0 Å². The van der Waals surface area contributed by atoms with Gasteiger partial charge >= 0.3 is 0 Å². The van der Waals surface area contributed by atoms with Crippen molar-refractivity contribution >= 4 is 5.91 Å². The van der Waals surface area contributed by atoms with E-state index in [1.54, 1.807) is 0 Å². The zero-order chi connectivity index (χ0) is 17.2. The van der Waals surface area contributed by atoms with Gasteiger partial charge in [-0.15, -0.1) is 0 Å². The number of hydrogen-bond acceptors (Lipinski definition) is 4. The van der Waals surface area contributed by atoms with Crippen molar-refractivity contribution in [3.05, 3.63) is 54.1 Å². The van der Waals surface area contributed by atoms with Gasteiger partial charge in [0.1, 0.15) is 6.04 Å². The maximum absolute atomic E-state index is 13.2. The maximum atomic E-state index is 13.2. The van der Waals surface area contributed by atoms with Crippen LogP contribution in [0.2, 0.25) is 0 Å². The summed E-state index contributed by atoms with van der Waals surface area (Å²) in [5.74, 6) is 0.0930. The van der Waals surface area contributed by atoms with Crippen LogP contribution in [0, 0.1) is 0 Å². The third kappa shape index (κ3) is 3.32. The molecule has 4 rings (SSSR count). The molecule has 1 N–H and O–H groups in total. The number of aromatic nitrogens is 2. The van der Waals surface area contributed by atoms with Gasteiger partial charge in [0.05, 0.1) is 24.3 Å². The van der Waals surface area contributed by atoms with Crippen LogP contribution < -0.4 is 5.32 Å². The monoisotopic (exact) mass is 339 g/mol. The number of carbonyl (C=O) groups excluding carboxylic acids is 1. The Morgan fingerprint density at radius 1 is 1.16 bits per heavy atom. The lowest BCUT2D eigenvalue weighted by molar-refractivity contribution is -0.128. The molecule has 25 heavy (non-hydrogen) atoms. The first-order chi connectivity index (χ1) is 12.2. The highest BCUT2D eigenvalue weighted by atomic mass is 16.2. The van der Waals surface area contributed by atoms with Gasteiger partial charge < -0.3 is 14.8 Å². The number of imidazole rings is 1. The fourth-order valence-electron chi connectivity index (χ4n) is 3.86. The molecule has 1 aromatic carbocycles. The van der Waals surface area contributed by atoms with Gasteiger partial charge in [0, 0.05) is 32.7 Å². The summed E-state index contributed by atoms with van der Waals surface area (Å²) in [4.78, 5) is 22.0. The van der Waals surface area contributed by atoms with Gasteiger partial charge in [-0.2, -0.15) is 0 Å². The molecule has 0 saturated carbocycles. The summed E-state index contributed by atoms with van der Waals surface area (Å²) in [5, 5.41) is 3.27. The van der Waals surface area contributed by atoms with Crippen molar-refractivity contribution in [2.75, 3.05) is 33.2 Å². The van der Waals surface area contributed by atoms with E-state index in [1.807, 2.05) is 30.7 Å². The minimum atomic E-state index is -0.230. The van der Waals surface area contributed by atoms with E-state index in [2.05, 4.69) is 43.8 Å². The molecule has 0 aliphatic carbocycles. The van der Waals surface area contributed by atoms with Crippen molar-refractivity contribution < 1.29 is 4.79 Å². The first-order valence-corrected chi connectivity index (χ1v) is 9.00. The number of nitrogens with zero attached hydrogens (tertiary/aromatic N) is 4. The summed E-state index contributed by atoms with van der Waals surface area (Å²) in [5.41, 5.74) is 2.18. The number of likely N-dealkylation sites (N-methyl/N-ethyl adjacent to an activating group) is 1. The van der Waals surface area contributed by atoms with E-state index < -0.39 is 0 Å². The van der Waals surface area contributed by atoms with Crippen LogP contribution in [0.4, 0.5) is 0 Å². The van der Waals surface area contributed by atoms with Crippen LogP contribution in [-0.4, -0.2) is 58.5 Å². The smallest absolute Gasteiger partial charge is 0.242 e. The molecule has 0 spiro atoms. The van der Waals surface area contributed by atoms with Crippen molar-refractivity contribution in [1.29, 1.82) is 0 Å². The Hall–Kier alpha value is -2.18. The number of aryl methyl sites for hydroxylation is 1. The molecule has 1 saturated heterocycles. The summed E-state index contributed by atoms with van der Waals surface area (Å²) in [7, 11) is 2.13. The topological polar surface area (TPSA) is 53.4 Å². The summed E-state index contributed by atoms with van der Waals surface area (Å²) in [6.45, 7) is 4.72. The lowest BCUT2D eigenvalue weighted by atomic mass is 10.0. The molecular formula is C19H25N5O. The predicted molar refractivity (Wildman–Crippen MR) is 96.0 cm³/mol. The Bertz CT molecular complexity index is 720. The third-order valence-corrected chi connectivity index (χ3v) is 5.34. The van der Waals surface area contributed by atoms with Crippen LogP contribution in [0.3, 0.4) is 0 Å². The molecule has 6 nitrogen and oxygen atoms in total. The molecule has 0 bridgehead atoms. The Labute approximate surface area is 148 Å². The van der Waals surface area contributed by atoms with Crippen LogP contribution >= 0.6 is 0 Å². The summed E-state index contributed by atoms with van der Waals surface area (Å²) < 4.78 is 2.12. The molecule has 1 aromatic heterocycles. The van der Waals surface area contributed by atoms with Crippen LogP contribution in [0.15, 0.2) is 42.9 Å². The lowest BCUT2D eigenvalue weighted by Crippen LogP contribution is -2.50. The minimum Gasteiger partial charge on any atom is -0.346 e. The minimum absolute atomic E-state index is 0.0636. The lowest BCUT2D eigenvalue weighted by Gasteiger charge is -2.37. The number of rotatable bonds is 4. The van der Waals surface area contributed by atoms with Gasteiger partial charge in [-0.25, -0.2) is 4.98 Å². The van der Waals surface area contributed by atoms with E-state index in [0.29, 0.717) is 0 Å². The molecule has 2 aromatic rings. The fourth-order valence-corrected chi connectivity index (χ4v) is 3.86. The molecule has 2 aliphatic heterocycles. The maximum Gasteiger partial charge on any atom is 0.242 e. The van der Waals surface area contributed by atoms with Crippen LogP contribution in [-0.2, 0) is 11.3 Å². The first kappa shape index (κ1) is 16.3. The highest BCUT2D eigenvalue weighted by molar-refractivity contribution is 5.83. The molecule has 2 atom stereocenters. The summed E-state index contributed by atoms with van der Waals surface area (Å²) in [6.07, 6.45) is 4.65. The molecule has 1 fully saturated rings. The largest absolute Gasteiger partial charge is 0.346 e. The first-order valence-electron chi connectivity index (χ1n) is 9.00. The van der Waals surface area contributed by atoms with Gasteiger partial charge in [0.25, 0.3) is 0 Å². The summed E-state index contributed by atoms with van der Waals surface area (Å²) >= 11 is 0. The number of fused-ring (bicyclic) bond motifs is 1. The van der Waals surface area contributed by atoms with Gasteiger partial charge in [0.2, 0.25) is 5.91 Å². The average Bonchev–Trinajstić information content (AvgIpc) is 3.23. The second kappa shape index (κ2) is 6.98. The van der Waals surface area contributed by atoms with Crippen LogP contribution in [0.1, 0.15) is 29.8 Å². The molecular weight excluding hydrogens is 314 g/mol. The van der Waals surface area contributed by atoms with Gasteiger partial charge in [-0.05, 0) is 19.0 Å². The molecule has 2 aliphatic rings.